The van der Waals surface area contributed by atoms with Crippen molar-refractivity contribution in [1.82, 2.24) is 9.97 Å². The van der Waals surface area contributed by atoms with Crippen LogP contribution in [0.25, 0.3) is 21.7 Å². The first-order valence-corrected chi connectivity index (χ1v) is 15.4. The number of aromatic nitrogens is 2. The quantitative estimate of drug-likeness (QED) is 0.106. The van der Waals surface area contributed by atoms with Gasteiger partial charge in [0, 0.05) is 22.8 Å². The lowest BCUT2D eigenvalue weighted by atomic mass is 9.97. The van der Waals surface area contributed by atoms with E-state index in [1.54, 1.807) is 31.2 Å². The van der Waals surface area contributed by atoms with Crippen LogP contribution >= 0.6 is 0 Å². The number of H-pyrrole nitrogens is 1. The summed E-state index contributed by atoms with van der Waals surface area (Å²) in [7, 11) is 0. The van der Waals surface area contributed by atoms with Crippen LogP contribution < -0.4 is 10.5 Å². The minimum absolute atomic E-state index is 0.0178. The molecule has 11 heteroatoms. The highest BCUT2D eigenvalue weighted by atomic mass is 16.6. The van der Waals surface area contributed by atoms with Crippen molar-refractivity contribution in [2.24, 2.45) is 0 Å². The Labute approximate surface area is 266 Å². The first-order chi connectivity index (χ1) is 22.5. The topological polar surface area (TPSA) is 160 Å². The first-order valence-electron chi connectivity index (χ1n) is 15.4. The van der Waals surface area contributed by atoms with Crippen molar-refractivity contribution in [2.75, 3.05) is 4.90 Å². The number of Topliss-reactive ketones (excluding diaryl/α,β-unsaturated/α-hetero) is 2. The molecular weight excluding hydrogens is 600 g/mol. The molecule has 1 aliphatic heterocycles. The van der Waals surface area contributed by atoms with E-state index >= 15 is 0 Å². The number of carbonyl (C=O) groups is 4. The Kier molecular flexibility index (Phi) is 6.14. The molecule has 2 heterocycles. The molecule has 3 aliphatic rings. The summed E-state index contributed by atoms with van der Waals surface area (Å²) in [6.07, 6.45) is 4.68. The minimum atomic E-state index is -1.42. The standard InChI is InChI=1S/C36H26N4O7/c1-16-11-27(40(46)47)17(2)28-30(16)37-33(38-34(28)43)29-31(41)23-12-20-14-25-26(15-21(20)13-24(23)32(29)42)36(45)39(35(25)44)22-9-7-19(8-10-22)18-5-3-4-6-18/h7-15,18,29H,3-6H2,1-2H3,(H,37,38,43). The number of nitrogens with zero attached hydrogens (tertiary/aromatic N) is 3. The number of imide groups is 1. The smallest absolute Gasteiger partial charge is 0.273 e. The molecule has 2 aliphatic carbocycles. The molecule has 1 N–H and O–H groups in total. The average molecular weight is 627 g/mol. The van der Waals surface area contributed by atoms with Crippen LogP contribution in [0.3, 0.4) is 0 Å². The van der Waals surface area contributed by atoms with Gasteiger partial charge in [0.2, 0.25) is 0 Å². The number of nitro benzene ring substituents is 1. The number of hydrogen-bond donors (Lipinski definition) is 1. The predicted molar refractivity (Wildman–Crippen MR) is 173 cm³/mol. The van der Waals surface area contributed by atoms with E-state index in [1.165, 1.54) is 43.5 Å². The van der Waals surface area contributed by atoms with E-state index in [0.29, 0.717) is 27.9 Å². The van der Waals surface area contributed by atoms with Crippen LogP contribution in [0, 0.1) is 24.0 Å². The number of benzene rings is 4. The fourth-order valence-corrected chi connectivity index (χ4v) is 7.47. The fourth-order valence-electron chi connectivity index (χ4n) is 7.47. The molecule has 1 fully saturated rings. The number of ketones is 2. The molecule has 0 atom stereocenters. The van der Waals surface area contributed by atoms with Crippen molar-refractivity contribution >= 4 is 56.4 Å². The van der Waals surface area contributed by atoms with Crippen molar-refractivity contribution in [1.29, 1.82) is 0 Å². The minimum Gasteiger partial charge on any atom is -0.309 e. The summed E-state index contributed by atoms with van der Waals surface area (Å²) in [5.41, 5.74) is 2.05. The summed E-state index contributed by atoms with van der Waals surface area (Å²) in [5.74, 6) is -3.16. The summed E-state index contributed by atoms with van der Waals surface area (Å²) in [6, 6.07) is 15.1. The summed E-state index contributed by atoms with van der Waals surface area (Å²) >= 11 is 0. The SMILES string of the molecule is Cc1cc([N+](=O)[O-])c(C)c2c(=O)[nH]c(C3C(=O)c4cc5cc6c(cc5cc4C3=O)C(=O)N(c3ccc(C4CCCC4)cc3)C6=O)nc12. The number of hydrogen-bond acceptors (Lipinski definition) is 8. The van der Waals surface area contributed by atoms with Crippen LogP contribution in [0.15, 0.2) is 59.4 Å². The predicted octanol–water partition coefficient (Wildman–Crippen LogP) is 6.22. The maximum atomic E-state index is 13.7. The molecule has 11 nitrogen and oxygen atoms in total. The van der Waals surface area contributed by atoms with Crippen molar-refractivity contribution < 1.29 is 24.1 Å². The summed E-state index contributed by atoms with van der Waals surface area (Å²) in [4.78, 5) is 86.7. The number of aromatic amines is 1. The average Bonchev–Trinajstić information content (AvgIpc) is 3.73. The highest BCUT2D eigenvalue weighted by Gasteiger charge is 2.43. The zero-order chi connectivity index (χ0) is 32.9. The van der Waals surface area contributed by atoms with Crippen LogP contribution in [-0.4, -0.2) is 38.3 Å². The second kappa shape index (κ2) is 10.1. The lowest BCUT2D eigenvalue weighted by Gasteiger charge is -2.16. The number of fused-ring (bicyclic) bond motifs is 4. The van der Waals surface area contributed by atoms with Crippen LogP contribution in [0.1, 0.15) is 101 Å². The third-order valence-corrected chi connectivity index (χ3v) is 9.91. The molecule has 0 unspecified atom stereocenters. The monoisotopic (exact) mass is 626 g/mol. The molecule has 0 saturated heterocycles. The first kappa shape index (κ1) is 28.6. The van der Waals surface area contributed by atoms with Crippen LogP contribution in [-0.2, 0) is 0 Å². The number of rotatable bonds is 4. The Morgan fingerprint density at radius 2 is 1.36 bits per heavy atom. The van der Waals surface area contributed by atoms with Gasteiger partial charge in [-0.1, -0.05) is 25.0 Å². The van der Waals surface area contributed by atoms with E-state index in [2.05, 4.69) is 9.97 Å². The number of amides is 2. The van der Waals surface area contributed by atoms with Crippen molar-refractivity contribution in [2.45, 2.75) is 51.4 Å². The van der Waals surface area contributed by atoms with Crippen molar-refractivity contribution in [3.8, 4) is 0 Å². The van der Waals surface area contributed by atoms with Gasteiger partial charge in [0.05, 0.1) is 32.6 Å². The molecule has 232 valence electrons. The number of aryl methyl sites for hydroxylation is 2. The highest BCUT2D eigenvalue weighted by molar-refractivity contribution is 6.36. The second-order valence-corrected chi connectivity index (χ2v) is 12.6. The third-order valence-electron chi connectivity index (χ3n) is 9.91. The molecule has 1 aromatic heterocycles. The largest absolute Gasteiger partial charge is 0.309 e. The van der Waals surface area contributed by atoms with Gasteiger partial charge in [-0.2, -0.15) is 0 Å². The van der Waals surface area contributed by atoms with Crippen LogP contribution in [0.5, 0.6) is 0 Å². The maximum absolute atomic E-state index is 13.7. The lowest BCUT2D eigenvalue weighted by molar-refractivity contribution is -0.385. The maximum Gasteiger partial charge on any atom is 0.273 e. The lowest BCUT2D eigenvalue weighted by Crippen LogP contribution is -2.29. The second-order valence-electron chi connectivity index (χ2n) is 12.6. The molecule has 0 radical (unpaired) electrons. The van der Waals surface area contributed by atoms with E-state index in [9.17, 15) is 34.1 Å². The van der Waals surface area contributed by atoms with E-state index < -0.39 is 39.8 Å². The van der Waals surface area contributed by atoms with E-state index in [-0.39, 0.29) is 50.2 Å². The van der Waals surface area contributed by atoms with Gasteiger partial charge in [-0.3, -0.25) is 34.1 Å². The van der Waals surface area contributed by atoms with Gasteiger partial charge in [-0.25, -0.2) is 9.88 Å². The molecule has 0 spiro atoms. The van der Waals surface area contributed by atoms with Crippen molar-refractivity contribution in [3.05, 3.63) is 120 Å². The summed E-state index contributed by atoms with van der Waals surface area (Å²) < 4.78 is 0. The molecule has 2 amide bonds. The number of nitro groups is 1. The Morgan fingerprint density at radius 1 is 0.809 bits per heavy atom. The zero-order valence-electron chi connectivity index (χ0n) is 25.4. The normalized spacial score (nSPS) is 16.6. The molecule has 4 aromatic carbocycles. The van der Waals surface area contributed by atoms with Gasteiger partial charge in [0.25, 0.3) is 23.1 Å². The zero-order valence-corrected chi connectivity index (χ0v) is 25.4. The molecule has 1 saturated carbocycles. The Bertz CT molecular complexity index is 2290. The third kappa shape index (κ3) is 4.12. The van der Waals surface area contributed by atoms with Gasteiger partial charge >= 0.3 is 0 Å². The fraction of sp³-hybridized carbons (Fsp3) is 0.222. The molecular formula is C36H26N4O7. The van der Waals surface area contributed by atoms with Gasteiger partial charge in [0.15, 0.2) is 11.6 Å². The van der Waals surface area contributed by atoms with Crippen molar-refractivity contribution in [3.63, 3.8) is 0 Å². The molecule has 47 heavy (non-hydrogen) atoms. The summed E-state index contributed by atoms with van der Waals surface area (Å²) in [6.45, 7) is 3.02. The Morgan fingerprint density at radius 3 is 1.91 bits per heavy atom. The van der Waals surface area contributed by atoms with E-state index in [4.69, 9.17) is 0 Å². The van der Waals surface area contributed by atoms with E-state index in [0.717, 1.165) is 17.7 Å². The Balaban J connectivity index is 1.15. The Hall–Kier alpha value is -5.84. The highest BCUT2D eigenvalue weighted by Crippen LogP contribution is 2.39. The summed E-state index contributed by atoms with van der Waals surface area (Å²) in [5, 5.41) is 12.5. The molecule has 8 rings (SSSR count). The van der Waals surface area contributed by atoms with Gasteiger partial charge in [0.1, 0.15) is 11.7 Å². The van der Waals surface area contributed by atoms with Gasteiger partial charge in [-0.15, -0.1) is 0 Å². The molecule has 5 aromatic rings. The van der Waals surface area contributed by atoms with E-state index in [1.807, 2.05) is 12.1 Å². The molecule has 0 bridgehead atoms. The van der Waals surface area contributed by atoms with Crippen LogP contribution in [0.2, 0.25) is 0 Å². The number of anilines is 1. The number of carbonyl (C=O) groups excluding carboxylic acids is 4. The van der Waals surface area contributed by atoms with Gasteiger partial charge < -0.3 is 4.98 Å². The van der Waals surface area contributed by atoms with Gasteiger partial charge in [-0.05, 0) is 90.9 Å². The number of nitrogens with one attached hydrogen (secondary N) is 1. The van der Waals surface area contributed by atoms with Crippen LogP contribution in [0.4, 0.5) is 11.4 Å².